The lowest BCUT2D eigenvalue weighted by Gasteiger charge is -2.22. The van der Waals surface area contributed by atoms with Crippen LogP contribution in [0.5, 0.6) is 0 Å². The van der Waals surface area contributed by atoms with Crippen LogP contribution in [0.3, 0.4) is 0 Å². The third-order valence-electron chi connectivity index (χ3n) is 2.89. The van der Waals surface area contributed by atoms with Gasteiger partial charge in [-0.2, -0.15) is 4.79 Å². The Bertz CT molecular complexity index is 345. The molecule has 1 aliphatic heterocycles. The molecular weight excluding hydrogens is 210 g/mol. The molecule has 0 unspecified atom stereocenters. The van der Waals surface area contributed by atoms with E-state index >= 15 is 0 Å². The third kappa shape index (κ3) is 2.49. The number of hydrogen-bond donors (Lipinski definition) is 0. The fourth-order valence-electron chi connectivity index (χ4n) is 2.14. The molecule has 1 heterocycles. The highest BCUT2D eigenvalue weighted by atomic mass is 35.5. The molecule has 82 valence electrons. The number of hydrogen-bond acceptors (Lipinski definition) is 1. The van der Waals surface area contributed by atoms with Crippen LogP contribution in [0.2, 0.25) is 0 Å². The predicted molar refractivity (Wildman–Crippen MR) is 63.1 cm³/mol. The van der Waals surface area contributed by atoms with Crippen LogP contribution in [0.25, 0.3) is 5.53 Å². The quantitative estimate of drug-likeness (QED) is 0.499. The number of halogens is 1. The summed E-state index contributed by atoms with van der Waals surface area (Å²) >= 11 is 0. The summed E-state index contributed by atoms with van der Waals surface area (Å²) in [7, 11) is 0. The summed E-state index contributed by atoms with van der Waals surface area (Å²) in [6, 6.07) is 0. The first-order valence-electron chi connectivity index (χ1n) is 5.15. The lowest BCUT2D eigenvalue weighted by Crippen LogP contribution is -2.21. The molecule has 0 bridgehead atoms. The predicted octanol–water partition coefficient (Wildman–Crippen LogP) is 2.41. The molecule has 0 atom stereocenters. The summed E-state index contributed by atoms with van der Waals surface area (Å²) in [6.07, 6.45) is 7.34. The number of nitrogens with zero attached hydrogens (tertiary/aromatic N) is 3. The second kappa shape index (κ2) is 5.15. The van der Waals surface area contributed by atoms with Crippen LogP contribution in [0, 0.1) is 0 Å². The van der Waals surface area contributed by atoms with Crippen molar-refractivity contribution in [2.75, 3.05) is 13.1 Å². The van der Waals surface area contributed by atoms with Gasteiger partial charge in [-0.3, -0.25) is 0 Å². The molecule has 0 spiro atoms. The molecule has 0 N–H and O–H groups in total. The summed E-state index contributed by atoms with van der Waals surface area (Å²) < 4.78 is 0. The van der Waals surface area contributed by atoms with Crippen molar-refractivity contribution >= 4 is 18.1 Å². The summed E-state index contributed by atoms with van der Waals surface area (Å²) in [5.74, 6) is 0. The minimum absolute atomic E-state index is 0. The fourth-order valence-corrected chi connectivity index (χ4v) is 2.14. The Morgan fingerprint density at radius 1 is 1.27 bits per heavy atom. The van der Waals surface area contributed by atoms with Crippen molar-refractivity contribution in [3.8, 4) is 0 Å². The zero-order valence-electron chi connectivity index (χ0n) is 8.94. The Hall–Kier alpha value is -1.05. The molecular formula is C11H16ClN3. The zero-order valence-corrected chi connectivity index (χ0v) is 9.76. The largest absolute Gasteiger partial charge is 0.372 e. The molecule has 2 rings (SSSR count). The van der Waals surface area contributed by atoms with Crippen LogP contribution in [-0.4, -0.2) is 28.5 Å². The van der Waals surface area contributed by atoms with Gasteiger partial charge in [-0.1, -0.05) is 0 Å². The Morgan fingerprint density at radius 3 is 2.47 bits per heavy atom. The van der Waals surface area contributed by atoms with E-state index in [0.29, 0.717) is 0 Å². The average Bonchev–Trinajstić information content (AvgIpc) is 2.70. The Balaban J connectivity index is 0.00000112. The molecule has 0 aromatic rings. The third-order valence-corrected chi connectivity index (χ3v) is 2.89. The zero-order chi connectivity index (χ0) is 9.97. The van der Waals surface area contributed by atoms with E-state index in [2.05, 4.69) is 22.7 Å². The summed E-state index contributed by atoms with van der Waals surface area (Å²) in [5.41, 5.74) is 12.1. The van der Waals surface area contributed by atoms with E-state index in [1.807, 2.05) is 6.08 Å². The van der Waals surface area contributed by atoms with Crippen LogP contribution in [-0.2, 0) is 0 Å². The molecule has 1 fully saturated rings. The fraction of sp³-hybridized carbons (Fsp3) is 0.545. The standard InChI is InChI=1S/C11H15N3.ClH/c1-9-8-10(13-12)4-5-11(9)14-6-2-3-7-14;/h4-5H,2-3,6-8H2,1H3;1H. The topological polar surface area (TPSA) is 39.6 Å². The van der Waals surface area contributed by atoms with E-state index in [4.69, 9.17) is 5.53 Å². The van der Waals surface area contributed by atoms with E-state index in [0.717, 1.165) is 12.1 Å². The van der Waals surface area contributed by atoms with Crippen molar-refractivity contribution in [3.63, 3.8) is 0 Å². The van der Waals surface area contributed by atoms with Crippen LogP contribution in [0.1, 0.15) is 26.2 Å². The molecule has 0 saturated carbocycles. The summed E-state index contributed by atoms with van der Waals surface area (Å²) in [6.45, 7) is 4.45. The van der Waals surface area contributed by atoms with Crippen molar-refractivity contribution in [2.45, 2.75) is 26.2 Å². The molecule has 2 aliphatic rings. The number of rotatable bonds is 1. The van der Waals surface area contributed by atoms with Gasteiger partial charge in [0.15, 0.2) is 0 Å². The maximum Gasteiger partial charge on any atom is 0.296 e. The van der Waals surface area contributed by atoms with Gasteiger partial charge in [-0.05, 0) is 31.4 Å². The van der Waals surface area contributed by atoms with Gasteiger partial charge in [-0.15, -0.1) is 12.4 Å². The highest BCUT2D eigenvalue weighted by Gasteiger charge is 2.20. The second-order valence-corrected chi connectivity index (χ2v) is 3.96. The minimum Gasteiger partial charge on any atom is -0.372 e. The average molecular weight is 226 g/mol. The van der Waals surface area contributed by atoms with Gasteiger partial charge in [0.25, 0.3) is 5.71 Å². The van der Waals surface area contributed by atoms with Gasteiger partial charge >= 0.3 is 0 Å². The van der Waals surface area contributed by atoms with Gasteiger partial charge in [0, 0.05) is 24.9 Å². The molecule has 0 aromatic heterocycles. The lowest BCUT2D eigenvalue weighted by atomic mass is 10.0. The van der Waals surface area contributed by atoms with Gasteiger partial charge < -0.3 is 10.4 Å². The van der Waals surface area contributed by atoms with E-state index in [-0.39, 0.29) is 12.4 Å². The first kappa shape index (κ1) is 12.0. The molecule has 0 aromatic carbocycles. The van der Waals surface area contributed by atoms with Crippen molar-refractivity contribution in [2.24, 2.45) is 0 Å². The molecule has 0 amide bonds. The molecule has 4 heteroatoms. The van der Waals surface area contributed by atoms with E-state index in [1.54, 1.807) is 0 Å². The number of likely N-dealkylation sites (tertiary alicyclic amines) is 1. The maximum absolute atomic E-state index is 8.66. The van der Waals surface area contributed by atoms with E-state index in [1.165, 1.54) is 37.2 Å². The van der Waals surface area contributed by atoms with Crippen LogP contribution < -0.4 is 0 Å². The molecule has 15 heavy (non-hydrogen) atoms. The Kier molecular flexibility index (Phi) is 4.13. The van der Waals surface area contributed by atoms with Gasteiger partial charge in [0.2, 0.25) is 0 Å². The molecule has 0 radical (unpaired) electrons. The summed E-state index contributed by atoms with van der Waals surface area (Å²) in [5, 5.41) is 0. The highest BCUT2D eigenvalue weighted by molar-refractivity contribution is 5.93. The van der Waals surface area contributed by atoms with Crippen molar-refractivity contribution in [1.82, 2.24) is 4.90 Å². The van der Waals surface area contributed by atoms with Crippen molar-refractivity contribution in [3.05, 3.63) is 29.0 Å². The maximum atomic E-state index is 8.66. The van der Waals surface area contributed by atoms with E-state index in [9.17, 15) is 0 Å². The molecule has 1 saturated heterocycles. The lowest BCUT2D eigenvalue weighted by molar-refractivity contribution is -0.00569. The normalized spacial score (nSPS) is 20.3. The molecule has 1 aliphatic carbocycles. The van der Waals surface area contributed by atoms with Crippen LogP contribution in [0.15, 0.2) is 23.4 Å². The van der Waals surface area contributed by atoms with Crippen LogP contribution in [0.4, 0.5) is 0 Å². The van der Waals surface area contributed by atoms with Gasteiger partial charge in [0.05, 0.1) is 6.42 Å². The highest BCUT2D eigenvalue weighted by Crippen LogP contribution is 2.23. The SMILES string of the molecule is CC1=C(N2CCCC2)C=CC(=[N+]=[N-])C1.Cl. The van der Waals surface area contributed by atoms with Crippen molar-refractivity contribution < 1.29 is 4.79 Å². The summed E-state index contributed by atoms with van der Waals surface area (Å²) in [4.78, 5) is 5.65. The Morgan fingerprint density at radius 2 is 1.93 bits per heavy atom. The molecule has 3 nitrogen and oxygen atoms in total. The van der Waals surface area contributed by atoms with Gasteiger partial charge in [-0.25, -0.2) is 0 Å². The van der Waals surface area contributed by atoms with Gasteiger partial charge in [0.1, 0.15) is 0 Å². The van der Waals surface area contributed by atoms with Crippen molar-refractivity contribution in [1.29, 1.82) is 0 Å². The second-order valence-electron chi connectivity index (χ2n) is 3.96. The van der Waals surface area contributed by atoms with Crippen LogP contribution >= 0.6 is 12.4 Å². The minimum atomic E-state index is 0. The smallest absolute Gasteiger partial charge is 0.296 e. The van der Waals surface area contributed by atoms with E-state index < -0.39 is 0 Å². The first-order chi connectivity index (χ1) is 6.81. The first-order valence-corrected chi connectivity index (χ1v) is 5.15. The number of allylic oxidation sites excluding steroid dienone is 3. The Labute approximate surface area is 96.5 Å². The monoisotopic (exact) mass is 225 g/mol.